The minimum Gasteiger partial charge on any atom is -0.478 e. The van der Waals surface area contributed by atoms with Gasteiger partial charge >= 0.3 is 5.97 Å². The molecule has 0 aromatic heterocycles. The summed E-state index contributed by atoms with van der Waals surface area (Å²) in [6.45, 7) is 0. The highest BCUT2D eigenvalue weighted by Crippen LogP contribution is 2.15. The van der Waals surface area contributed by atoms with Gasteiger partial charge in [0.05, 0.1) is 0 Å². The van der Waals surface area contributed by atoms with Crippen molar-refractivity contribution >= 4 is 29.3 Å². The van der Waals surface area contributed by atoms with Gasteiger partial charge in [0, 0.05) is 16.9 Å². The molecule has 0 atom stereocenters. The maximum absolute atomic E-state index is 10.1. The fraction of sp³-hybridized carbons (Fsp3) is 0.100. The summed E-state index contributed by atoms with van der Waals surface area (Å²) in [5.41, 5.74) is 1.12. The zero-order valence-corrected chi connectivity index (χ0v) is 8.89. The Kier molecular flexibility index (Phi) is 4.56. The second-order valence-electron chi connectivity index (χ2n) is 2.58. The van der Waals surface area contributed by atoms with Gasteiger partial charge in [-0.05, 0) is 23.1 Å². The van der Waals surface area contributed by atoms with Crippen LogP contribution in [0.3, 0.4) is 0 Å². The van der Waals surface area contributed by atoms with E-state index in [1.165, 1.54) is 11.8 Å². The number of hydrogen-bond donors (Lipinski definition) is 1. The van der Waals surface area contributed by atoms with Crippen molar-refractivity contribution in [2.75, 3.05) is 0 Å². The Hall–Kier alpha value is -0.930. The third-order valence-electron chi connectivity index (χ3n) is 1.47. The van der Waals surface area contributed by atoms with Crippen LogP contribution < -0.4 is 0 Å². The second kappa shape index (κ2) is 5.73. The van der Waals surface area contributed by atoms with E-state index in [0.29, 0.717) is 5.02 Å². The standard InChI is InChI=1S/C10H9ClO2S/c11-9-3-1-8(2-4-9)7-14-6-5-10(12)13/h1-6H,7H2,(H,12,13)/b6-5+. The van der Waals surface area contributed by atoms with E-state index in [0.717, 1.165) is 17.4 Å². The summed E-state index contributed by atoms with van der Waals surface area (Å²) in [5.74, 6) is -0.172. The molecule has 1 N–H and O–H groups in total. The Balaban J connectivity index is 2.39. The zero-order valence-electron chi connectivity index (χ0n) is 7.31. The van der Waals surface area contributed by atoms with Gasteiger partial charge in [0.2, 0.25) is 0 Å². The molecule has 4 heteroatoms. The van der Waals surface area contributed by atoms with Crippen molar-refractivity contribution < 1.29 is 9.90 Å². The molecular formula is C10H9ClO2S. The molecule has 0 aliphatic carbocycles. The Morgan fingerprint density at radius 3 is 2.64 bits per heavy atom. The molecule has 1 aromatic carbocycles. The maximum Gasteiger partial charge on any atom is 0.328 e. The lowest BCUT2D eigenvalue weighted by Gasteiger charge is -1.97. The number of thioether (sulfide) groups is 1. The Labute approximate surface area is 91.6 Å². The van der Waals surface area contributed by atoms with E-state index < -0.39 is 5.97 Å². The summed E-state index contributed by atoms with van der Waals surface area (Å²) in [5, 5.41) is 10.6. The van der Waals surface area contributed by atoms with E-state index in [9.17, 15) is 4.79 Å². The van der Waals surface area contributed by atoms with Crippen molar-refractivity contribution in [3.8, 4) is 0 Å². The number of aliphatic carboxylic acids is 1. The molecule has 0 saturated heterocycles. The first-order chi connectivity index (χ1) is 6.68. The van der Waals surface area contributed by atoms with Crippen LogP contribution in [0.15, 0.2) is 35.7 Å². The normalized spacial score (nSPS) is 10.6. The van der Waals surface area contributed by atoms with Gasteiger partial charge in [-0.2, -0.15) is 0 Å². The lowest BCUT2D eigenvalue weighted by Crippen LogP contribution is -1.84. The van der Waals surface area contributed by atoms with Crippen LogP contribution >= 0.6 is 23.4 Å². The first-order valence-electron chi connectivity index (χ1n) is 3.94. The lowest BCUT2D eigenvalue weighted by atomic mass is 10.2. The molecule has 0 aliphatic rings. The van der Waals surface area contributed by atoms with Gasteiger partial charge in [0.25, 0.3) is 0 Å². The van der Waals surface area contributed by atoms with Gasteiger partial charge in [-0.25, -0.2) is 4.79 Å². The monoisotopic (exact) mass is 228 g/mol. The van der Waals surface area contributed by atoms with Gasteiger partial charge < -0.3 is 5.11 Å². The van der Waals surface area contributed by atoms with Gasteiger partial charge in [-0.15, -0.1) is 11.8 Å². The van der Waals surface area contributed by atoms with Crippen LogP contribution in [0, 0.1) is 0 Å². The lowest BCUT2D eigenvalue weighted by molar-refractivity contribution is -0.131. The molecule has 0 heterocycles. The van der Waals surface area contributed by atoms with Gasteiger partial charge in [-0.3, -0.25) is 0 Å². The average Bonchev–Trinajstić information content (AvgIpc) is 2.15. The van der Waals surface area contributed by atoms with Crippen LogP contribution in [0.1, 0.15) is 5.56 Å². The van der Waals surface area contributed by atoms with E-state index in [4.69, 9.17) is 16.7 Å². The predicted octanol–water partition coefficient (Wildman–Crippen LogP) is 3.17. The molecule has 14 heavy (non-hydrogen) atoms. The Morgan fingerprint density at radius 2 is 2.07 bits per heavy atom. The summed E-state index contributed by atoms with van der Waals surface area (Å²) in [6.07, 6.45) is 1.13. The van der Waals surface area contributed by atoms with Crippen molar-refractivity contribution in [1.29, 1.82) is 0 Å². The molecule has 0 amide bonds. The zero-order chi connectivity index (χ0) is 10.4. The minimum atomic E-state index is -0.923. The predicted molar refractivity (Wildman–Crippen MR) is 59.5 cm³/mol. The molecule has 0 radical (unpaired) electrons. The van der Waals surface area contributed by atoms with Gasteiger partial charge in [0.1, 0.15) is 0 Å². The molecule has 1 rings (SSSR count). The number of carbonyl (C=O) groups is 1. The first kappa shape index (κ1) is 11.1. The first-order valence-corrected chi connectivity index (χ1v) is 5.36. The molecule has 0 spiro atoms. The molecular weight excluding hydrogens is 220 g/mol. The average molecular weight is 229 g/mol. The number of halogens is 1. The van der Waals surface area contributed by atoms with E-state index in [2.05, 4.69) is 0 Å². The molecule has 0 bridgehead atoms. The SMILES string of the molecule is O=C(O)/C=C/SCc1ccc(Cl)cc1. The quantitative estimate of drug-likeness (QED) is 0.805. The number of carboxylic acid groups (broad SMARTS) is 1. The molecule has 0 aliphatic heterocycles. The number of carboxylic acids is 1. The van der Waals surface area contributed by atoms with Crippen LogP contribution in [0.4, 0.5) is 0 Å². The number of benzene rings is 1. The van der Waals surface area contributed by atoms with Crippen LogP contribution in [0.25, 0.3) is 0 Å². The smallest absolute Gasteiger partial charge is 0.328 e. The van der Waals surface area contributed by atoms with E-state index in [-0.39, 0.29) is 0 Å². The Bertz CT molecular complexity index is 332. The van der Waals surface area contributed by atoms with Crippen molar-refractivity contribution in [1.82, 2.24) is 0 Å². The molecule has 0 fully saturated rings. The third kappa shape index (κ3) is 4.35. The van der Waals surface area contributed by atoms with E-state index in [1.54, 1.807) is 5.41 Å². The highest BCUT2D eigenvalue weighted by Gasteiger charge is 1.92. The van der Waals surface area contributed by atoms with Crippen molar-refractivity contribution in [3.05, 3.63) is 46.3 Å². The van der Waals surface area contributed by atoms with E-state index in [1.807, 2.05) is 24.3 Å². The fourth-order valence-corrected chi connectivity index (χ4v) is 1.65. The largest absolute Gasteiger partial charge is 0.478 e. The van der Waals surface area contributed by atoms with Crippen LogP contribution in [0.2, 0.25) is 5.02 Å². The molecule has 2 nitrogen and oxygen atoms in total. The Morgan fingerprint density at radius 1 is 1.43 bits per heavy atom. The summed E-state index contributed by atoms with van der Waals surface area (Å²) < 4.78 is 0. The van der Waals surface area contributed by atoms with Crippen molar-refractivity contribution in [2.24, 2.45) is 0 Å². The van der Waals surface area contributed by atoms with Crippen molar-refractivity contribution in [2.45, 2.75) is 5.75 Å². The fourth-order valence-electron chi connectivity index (χ4n) is 0.831. The molecule has 0 saturated carbocycles. The topological polar surface area (TPSA) is 37.3 Å². The maximum atomic E-state index is 10.1. The van der Waals surface area contributed by atoms with Crippen LogP contribution in [-0.4, -0.2) is 11.1 Å². The molecule has 74 valence electrons. The summed E-state index contributed by atoms with van der Waals surface area (Å²) in [6, 6.07) is 7.48. The number of hydrogen-bond acceptors (Lipinski definition) is 2. The van der Waals surface area contributed by atoms with Gasteiger partial charge in [-0.1, -0.05) is 23.7 Å². The third-order valence-corrected chi connectivity index (χ3v) is 2.55. The van der Waals surface area contributed by atoms with E-state index >= 15 is 0 Å². The second-order valence-corrected chi connectivity index (χ2v) is 3.91. The van der Waals surface area contributed by atoms with Crippen LogP contribution in [-0.2, 0) is 10.5 Å². The summed E-state index contributed by atoms with van der Waals surface area (Å²) in [7, 11) is 0. The molecule has 0 unspecified atom stereocenters. The van der Waals surface area contributed by atoms with Crippen molar-refractivity contribution in [3.63, 3.8) is 0 Å². The highest BCUT2D eigenvalue weighted by atomic mass is 35.5. The highest BCUT2D eigenvalue weighted by molar-refractivity contribution is 8.01. The minimum absolute atomic E-state index is 0.708. The summed E-state index contributed by atoms with van der Waals surface area (Å²) in [4.78, 5) is 10.1. The summed E-state index contributed by atoms with van der Waals surface area (Å²) >= 11 is 7.15. The number of rotatable bonds is 4. The van der Waals surface area contributed by atoms with Crippen LogP contribution in [0.5, 0.6) is 0 Å². The molecule has 1 aromatic rings. The van der Waals surface area contributed by atoms with Gasteiger partial charge in [0.15, 0.2) is 0 Å².